The highest BCUT2D eigenvalue weighted by Crippen LogP contribution is 2.16. The molecule has 0 spiro atoms. The number of ether oxygens (including phenoxy) is 2. The van der Waals surface area contributed by atoms with Crippen molar-refractivity contribution in [3.63, 3.8) is 0 Å². The van der Waals surface area contributed by atoms with Crippen LogP contribution in [-0.4, -0.2) is 31.3 Å². The summed E-state index contributed by atoms with van der Waals surface area (Å²) in [5.74, 6) is -0.335. The van der Waals surface area contributed by atoms with Crippen molar-refractivity contribution in [2.24, 2.45) is 5.73 Å². The van der Waals surface area contributed by atoms with Gasteiger partial charge in [0.15, 0.2) is 0 Å². The Kier molecular flexibility index (Phi) is 6.68. The van der Waals surface area contributed by atoms with Crippen molar-refractivity contribution in [3.8, 4) is 0 Å². The van der Waals surface area contributed by atoms with Crippen molar-refractivity contribution in [1.82, 2.24) is 0 Å². The van der Waals surface area contributed by atoms with E-state index in [1.807, 2.05) is 31.2 Å². The first kappa shape index (κ1) is 16.8. The number of anilines is 1. The minimum atomic E-state index is -0.341. The van der Waals surface area contributed by atoms with Gasteiger partial charge in [-0.1, -0.05) is 19.1 Å². The molecule has 1 aliphatic rings. The molecule has 1 heterocycles. The molecule has 1 aromatic carbocycles. The van der Waals surface area contributed by atoms with Crippen LogP contribution in [0.2, 0.25) is 0 Å². The second kappa shape index (κ2) is 8.76. The lowest BCUT2D eigenvalue weighted by atomic mass is 10.1. The lowest BCUT2D eigenvalue weighted by molar-refractivity contribution is -0.118. The number of amides is 1. The molecule has 0 unspecified atom stereocenters. The van der Waals surface area contributed by atoms with Gasteiger partial charge in [-0.25, -0.2) is 0 Å². The van der Waals surface area contributed by atoms with Gasteiger partial charge in [-0.2, -0.15) is 0 Å². The molecule has 3 N–H and O–H groups in total. The molecule has 0 aliphatic carbocycles. The summed E-state index contributed by atoms with van der Waals surface area (Å²) in [6, 6.07) is 7.54. The Labute approximate surface area is 132 Å². The van der Waals surface area contributed by atoms with Gasteiger partial charge in [-0.05, 0) is 43.4 Å². The zero-order valence-corrected chi connectivity index (χ0v) is 13.2. The van der Waals surface area contributed by atoms with E-state index in [-0.39, 0.29) is 18.1 Å². The molecule has 0 bridgehead atoms. The van der Waals surface area contributed by atoms with Gasteiger partial charge in [0.2, 0.25) is 5.91 Å². The smallest absolute Gasteiger partial charge is 0.239 e. The van der Waals surface area contributed by atoms with Gasteiger partial charge in [0.05, 0.1) is 19.3 Å². The van der Waals surface area contributed by atoms with Crippen molar-refractivity contribution in [2.45, 2.75) is 51.4 Å². The highest BCUT2D eigenvalue weighted by atomic mass is 16.5. The first-order chi connectivity index (χ1) is 10.7. The fourth-order valence-electron chi connectivity index (χ4n) is 2.57. The molecular formula is C17H26N2O3. The number of nitrogens with one attached hydrogen (secondary N) is 1. The third kappa shape index (κ3) is 5.31. The fourth-order valence-corrected chi connectivity index (χ4v) is 2.57. The van der Waals surface area contributed by atoms with Crippen molar-refractivity contribution in [1.29, 1.82) is 0 Å². The normalized spacial score (nSPS) is 19.6. The largest absolute Gasteiger partial charge is 0.376 e. The van der Waals surface area contributed by atoms with E-state index in [0.717, 1.165) is 30.7 Å². The maximum atomic E-state index is 11.3. The Morgan fingerprint density at radius 2 is 2.36 bits per heavy atom. The minimum absolute atomic E-state index is 0.231. The molecule has 1 aliphatic heterocycles. The van der Waals surface area contributed by atoms with Crippen LogP contribution in [0.3, 0.4) is 0 Å². The summed E-state index contributed by atoms with van der Waals surface area (Å²) < 4.78 is 11.4. The van der Waals surface area contributed by atoms with Crippen LogP contribution in [0.4, 0.5) is 5.69 Å². The molecule has 0 aromatic heterocycles. The molecule has 5 nitrogen and oxygen atoms in total. The van der Waals surface area contributed by atoms with Gasteiger partial charge in [0.25, 0.3) is 0 Å². The van der Waals surface area contributed by atoms with Crippen molar-refractivity contribution in [2.75, 3.05) is 18.5 Å². The Morgan fingerprint density at radius 1 is 1.50 bits per heavy atom. The highest BCUT2D eigenvalue weighted by molar-refractivity contribution is 5.82. The molecule has 122 valence electrons. The predicted molar refractivity (Wildman–Crippen MR) is 86.6 cm³/mol. The van der Waals surface area contributed by atoms with Crippen molar-refractivity contribution < 1.29 is 14.3 Å². The average molecular weight is 306 g/mol. The number of carbonyl (C=O) groups excluding carboxylic acids is 1. The maximum Gasteiger partial charge on any atom is 0.239 e. The van der Waals surface area contributed by atoms with E-state index in [4.69, 9.17) is 15.2 Å². The quantitative estimate of drug-likeness (QED) is 0.773. The maximum absolute atomic E-state index is 11.3. The molecule has 1 aromatic rings. The second-order valence-electron chi connectivity index (χ2n) is 5.71. The molecule has 0 saturated carbocycles. The average Bonchev–Trinajstić information content (AvgIpc) is 2.54. The lowest BCUT2D eigenvalue weighted by Gasteiger charge is -2.22. The standard InChI is InChI=1S/C17H26N2O3/c1-2-16(17(18)20)19-14-7-5-6-13(10-14)11-21-12-15-8-3-4-9-22-15/h5-7,10,15-16,19H,2-4,8-9,11-12H2,1H3,(H2,18,20)/t15-,16-/m0/s1. The van der Waals surface area contributed by atoms with Gasteiger partial charge in [-0.15, -0.1) is 0 Å². The van der Waals surface area contributed by atoms with E-state index in [1.54, 1.807) is 0 Å². The number of rotatable bonds is 8. The highest BCUT2D eigenvalue weighted by Gasteiger charge is 2.14. The van der Waals surface area contributed by atoms with E-state index in [2.05, 4.69) is 5.32 Å². The van der Waals surface area contributed by atoms with Crippen LogP contribution in [0.15, 0.2) is 24.3 Å². The third-order valence-electron chi connectivity index (χ3n) is 3.87. The first-order valence-corrected chi connectivity index (χ1v) is 8.03. The summed E-state index contributed by atoms with van der Waals surface area (Å²) in [4.78, 5) is 11.3. The summed E-state index contributed by atoms with van der Waals surface area (Å²) in [5.41, 5.74) is 7.31. The van der Waals surface area contributed by atoms with E-state index >= 15 is 0 Å². The Hall–Kier alpha value is -1.59. The SMILES string of the molecule is CC[C@H](Nc1cccc(COC[C@@H]2CCCCO2)c1)C(N)=O. The summed E-state index contributed by atoms with van der Waals surface area (Å²) in [6.45, 7) is 3.96. The second-order valence-corrected chi connectivity index (χ2v) is 5.71. The first-order valence-electron chi connectivity index (χ1n) is 8.03. The molecule has 2 atom stereocenters. The number of primary amides is 1. The predicted octanol–water partition coefficient (Wildman–Crippen LogP) is 2.45. The fraction of sp³-hybridized carbons (Fsp3) is 0.588. The van der Waals surface area contributed by atoms with Gasteiger partial charge in [0.1, 0.15) is 6.04 Å². The topological polar surface area (TPSA) is 73.6 Å². The van der Waals surface area contributed by atoms with Crippen molar-refractivity contribution >= 4 is 11.6 Å². The van der Waals surface area contributed by atoms with Crippen LogP contribution in [0.25, 0.3) is 0 Å². The van der Waals surface area contributed by atoms with Crippen LogP contribution >= 0.6 is 0 Å². The van der Waals surface area contributed by atoms with Crippen LogP contribution in [0, 0.1) is 0 Å². The summed E-state index contributed by atoms with van der Waals surface area (Å²) in [5, 5.41) is 3.15. The number of carbonyl (C=O) groups is 1. The summed E-state index contributed by atoms with van der Waals surface area (Å²) >= 11 is 0. The van der Waals surface area contributed by atoms with Crippen LogP contribution in [-0.2, 0) is 20.9 Å². The van der Waals surface area contributed by atoms with E-state index in [1.165, 1.54) is 6.42 Å². The number of hydrogen-bond donors (Lipinski definition) is 2. The number of hydrogen-bond acceptors (Lipinski definition) is 4. The summed E-state index contributed by atoms with van der Waals surface area (Å²) in [7, 11) is 0. The minimum Gasteiger partial charge on any atom is -0.376 e. The zero-order chi connectivity index (χ0) is 15.8. The number of nitrogens with two attached hydrogens (primary N) is 1. The monoisotopic (exact) mass is 306 g/mol. The van der Waals surface area contributed by atoms with Crippen LogP contribution in [0.1, 0.15) is 38.2 Å². The van der Waals surface area contributed by atoms with E-state index in [9.17, 15) is 4.79 Å². The van der Waals surface area contributed by atoms with E-state index < -0.39 is 0 Å². The molecule has 1 saturated heterocycles. The molecule has 1 amide bonds. The molecule has 2 rings (SSSR count). The Morgan fingerprint density at radius 3 is 3.05 bits per heavy atom. The molecule has 0 radical (unpaired) electrons. The summed E-state index contributed by atoms with van der Waals surface area (Å²) in [6.07, 6.45) is 4.35. The van der Waals surface area contributed by atoms with Gasteiger partial charge < -0.3 is 20.5 Å². The van der Waals surface area contributed by atoms with Gasteiger partial charge in [-0.3, -0.25) is 4.79 Å². The van der Waals surface area contributed by atoms with Gasteiger partial charge >= 0.3 is 0 Å². The molecule has 22 heavy (non-hydrogen) atoms. The van der Waals surface area contributed by atoms with Gasteiger partial charge in [0, 0.05) is 12.3 Å². The number of benzene rings is 1. The van der Waals surface area contributed by atoms with Crippen LogP contribution in [0.5, 0.6) is 0 Å². The Balaban J connectivity index is 1.81. The van der Waals surface area contributed by atoms with Crippen LogP contribution < -0.4 is 11.1 Å². The zero-order valence-electron chi connectivity index (χ0n) is 13.2. The molecule has 1 fully saturated rings. The molecule has 5 heteroatoms. The van der Waals surface area contributed by atoms with Crippen molar-refractivity contribution in [3.05, 3.63) is 29.8 Å². The lowest BCUT2D eigenvalue weighted by Crippen LogP contribution is -2.34. The molecular weight excluding hydrogens is 280 g/mol. The van der Waals surface area contributed by atoms with E-state index in [0.29, 0.717) is 19.6 Å². The Bertz CT molecular complexity index is 473. The third-order valence-corrected chi connectivity index (χ3v) is 3.87.